The standard InChI is InChI=1S/C10H12N4/c1-2-8-3-5-9(6-4-8)14-7-12-10(11)13-14/h3-7H,2H2,1H3,(H2,11,13). The highest BCUT2D eigenvalue weighted by molar-refractivity contribution is 5.34. The predicted molar refractivity (Wildman–Crippen MR) is 55.1 cm³/mol. The molecule has 0 aliphatic rings. The summed E-state index contributed by atoms with van der Waals surface area (Å²) in [6.45, 7) is 2.13. The van der Waals surface area contributed by atoms with Crippen LogP contribution in [-0.2, 0) is 6.42 Å². The minimum Gasteiger partial charge on any atom is -0.366 e. The summed E-state index contributed by atoms with van der Waals surface area (Å²) in [6.07, 6.45) is 2.65. The average molecular weight is 188 g/mol. The van der Waals surface area contributed by atoms with E-state index in [4.69, 9.17) is 5.73 Å². The molecule has 0 atom stereocenters. The molecule has 0 aliphatic heterocycles. The highest BCUT2D eigenvalue weighted by Crippen LogP contribution is 2.09. The summed E-state index contributed by atoms with van der Waals surface area (Å²) in [5.41, 5.74) is 7.71. The summed E-state index contributed by atoms with van der Waals surface area (Å²) in [7, 11) is 0. The van der Waals surface area contributed by atoms with Gasteiger partial charge in [-0.3, -0.25) is 0 Å². The van der Waals surface area contributed by atoms with Gasteiger partial charge < -0.3 is 5.73 Å². The number of rotatable bonds is 2. The van der Waals surface area contributed by atoms with E-state index in [-0.39, 0.29) is 0 Å². The topological polar surface area (TPSA) is 56.7 Å². The fourth-order valence-electron chi connectivity index (χ4n) is 1.28. The number of nitrogens with two attached hydrogens (primary N) is 1. The molecule has 0 aliphatic carbocycles. The summed E-state index contributed by atoms with van der Waals surface area (Å²) >= 11 is 0. The summed E-state index contributed by atoms with van der Waals surface area (Å²) < 4.78 is 1.66. The van der Waals surface area contributed by atoms with Crippen LogP contribution in [0.3, 0.4) is 0 Å². The first-order chi connectivity index (χ1) is 6.79. The Balaban J connectivity index is 2.33. The molecule has 4 nitrogen and oxygen atoms in total. The number of nitrogens with zero attached hydrogens (tertiary/aromatic N) is 3. The SMILES string of the molecule is CCc1ccc(-n2cnc(N)n2)cc1. The van der Waals surface area contributed by atoms with Crippen LogP contribution < -0.4 is 5.73 Å². The lowest BCUT2D eigenvalue weighted by Crippen LogP contribution is -1.96. The van der Waals surface area contributed by atoms with Gasteiger partial charge in [0.1, 0.15) is 6.33 Å². The summed E-state index contributed by atoms with van der Waals surface area (Å²) in [5.74, 6) is 0.296. The maximum absolute atomic E-state index is 5.43. The highest BCUT2D eigenvalue weighted by atomic mass is 15.4. The Morgan fingerprint density at radius 2 is 2.00 bits per heavy atom. The zero-order valence-electron chi connectivity index (χ0n) is 8.01. The largest absolute Gasteiger partial charge is 0.366 e. The van der Waals surface area contributed by atoms with Crippen LogP contribution >= 0.6 is 0 Å². The minimum absolute atomic E-state index is 0.296. The number of aryl methyl sites for hydroxylation is 1. The molecule has 1 aromatic heterocycles. The first kappa shape index (κ1) is 8.74. The lowest BCUT2D eigenvalue weighted by atomic mass is 10.1. The van der Waals surface area contributed by atoms with E-state index in [1.807, 2.05) is 12.1 Å². The Morgan fingerprint density at radius 1 is 1.29 bits per heavy atom. The molecular formula is C10H12N4. The van der Waals surface area contributed by atoms with Crippen molar-refractivity contribution in [2.45, 2.75) is 13.3 Å². The van der Waals surface area contributed by atoms with Gasteiger partial charge in [0.25, 0.3) is 0 Å². The maximum Gasteiger partial charge on any atom is 0.239 e. The van der Waals surface area contributed by atoms with E-state index >= 15 is 0 Å². The monoisotopic (exact) mass is 188 g/mol. The number of nitrogen functional groups attached to an aromatic ring is 1. The normalized spacial score (nSPS) is 10.4. The summed E-state index contributed by atoms with van der Waals surface area (Å²) in [5, 5.41) is 4.02. The fraction of sp³-hybridized carbons (Fsp3) is 0.200. The summed E-state index contributed by atoms with van der Waals surface area (Å²) in [6, 6.07) is 8.17. The third-order valence-electron chi connectivity index (χ3n) is 2.12. The molecule has 2 rings (SSSR count). The molecule has 0 saturated carbocycles. The zero-order valence-corrected chi connectivity index (χ0v) is 8.01. The van der Waals surface area contributed by atoms with E-state index in [9.17, 15) is 0 Å². The van der Waals surface area contributed by atoms with Crippen LogP contribution in [0.5, 0.6) is 0 Å². The van der Waals surface area contributed by atoms with Gasteiger partial charge in [-0.25, -0.2) is 9.67 Å². The van der Waals surface area contributed by atoms with Crippen LogP contribution in [-0.4, -0.2) is 14.8 Å². The van der Waals surface area contributed by atoms with Crippen molar-refractivity contribution in [1.29, 1.82) is 0 Å². The van der Waals surface area contributed by atoms with Crippen molar-refractivity contribution in [2.75, 3.05) is 5.73 Å². The molecule has 1 aromatic carbocycles. The lowest BCUT2D eigenvalue weighted by Gasteiger charge is -2.00. The second-order valence-electron chi connectivity index (χ2n) is 3.07. The van der Waals surface area contributed by atoms with Gasteiger partial charge in [-0.1, -0.05) is 19.1 Å². The first-order valence-electron chi connectivity index (χ1n) is 4.56. The molecule has 72 valence electrons. The number of hydrogen-bond acceptors (Lipinski definition) is 3. The van der Waals surface area contributed by atoms with Crippen molar-refractivity contribution < 1.29 is 0 Å². The van der Waals surface area contributed by atoms with E-state index in [1.54, 1.807) is 11.0 Å². The number of hydrogen-bond donors (Lipinski definition) is 1. The van der Waals surface area contributed by atoms with Crippen LogP contribution in [0, 0.1) is 0 Å². The first-order valence-corrected chi connectivity index (χ1v) is 4.56. The number of anilines is 1. The molecule has 1 heterocycles. The van der Waals surface area contributed by atoms with Crippen molar-refractivity contribution >= 4 is 5.95 Å². The van der Waals surface area contributed by atoms with Crippen LogP contribution in [0.25, 0.3) is 5.69 Å². The van der Waals surface area contributed by atoms with E-state index in [0.717, 1.165) is 12.1 Å². The van der Waals surface area contributed by atoms with Gasteiger partial charge >= 0.3 is 0 Å². The Kier molecular flexibility index (Phi) is 2.18. The van der Waals surface area contributed by atoms with Gasteiger partial charge in [0.2, 0.25) is 5.95 Å². The molecule has 4 heteroatoms. The molecule has 2 aromatic rings. The molecule has 0 unspecified atom stereocenters. The Morgan fingerprint density at radius 3 is 2.50 bits per heavy atom. The third kappa shape index (κ3) is 1.59. The van der Waals surface area contributed by atoms with E-state index in [2.05, 4.69) is 29.1 Å². The van der Waals surface area contributed by atoms with Gasteiger partial charge in [-0.2, -0.15) is 0 Å². The van der Waals surface area contributed by atoms with Crippen molar-refractivity contribution in [3.8, 4) is 5.69 Å². The molecule has 14 heavy (non-hydrogen) atoms. The van der Waals surface area contributed by atoms with Gasteiger partial charge in [0.15, 0.2) is 0 Å². The second kappa shape index (κ2) is 3.49. The molecule has 0 fully saturated rings. The maximum atomic E-state index is 5.43. The zero-order chi connectivity index (χ0) is 9.97. The molecule has 0 saturated heterocycles. The summed E-state index contributed by atoms with van der Waals surface area (Å²) in [4.78, 5) is 3.87. The molecule has 0 spiro atoms. The predicted octanol–water partition coefficient (Wildman–Crippen LogP) is 1.41. The Bertz CT molecular complexity index is 416. The molecule has 0 radical (unpaired) electrons. The quantitative estimate of drug-likeness (QED) is 0.775. The number of aromatic nitrogens is 3. The molecule has 0 amide bonds. The molecule has 0 bridgehead atoms. The van der Waals surface area contributed by atoms with Gasteiger partial charge in [0, 0.05) is 0 Å². The van der Waals surface area contributed by atoms with Gasteiger partial charge in [-0.15, -0.1) is 5.10 Å². The number of benzene rings is 1. The smallest absolute Gasteiger partial charge is 0.239 e. The minimum atomic E-state index is 0.296. The van der Waals surface area contributed by atoms with Crippen LogP contribution in [0.1, 0.15) is 12.5 Å². The van der Waals surface area contributed by atoms with E-state index < -0.39 is 0 Å². The highest BCUT2D eigenvalue weighted by Gasteiger charge is 1.98. The fourth-order valence-corrected chi connectivity index (χ4v) is 1.28. The third-order valence-corrected chi connectivity index (χ3v) is 2.12. The van der Waals surface area contributed by atoms with Crippen LogP contribution in [0.4, 0.5) is 5.95 Å². The molecular weight excluding hydrogens is 176 g/mol. The van der Waals surface area contributed by atoms with Crippen LogP contribution in [0.15, 0.2) is 30.6 Å². The lowest BCUT2D eigenvalue weighted by molar-refractivity contribution is 0.882. The van der Waals surface area contributed by atoms with E-state index in [0.29, 0.717) is 5.95 Å². The Labute approximate surface area is 82.4 Å². The van der Waals surface area contributed by atoms with Gasteiger partial charge in [-0.05, 0) is 24.1 Å². The van der Waals surface area contributed by atoms with Crippen LogP contribution in [0.2, 0.25) is 0 Å². The van der Waals surface area contributed by atoms with Crippen molar-refractivity contribution in [1.82, 2.24) is 14.8 Å². The average Bonchev–Trinajstić information content (AvgIpc) is 2.65. The second-order valence-corrected chi connectivity index (χ2v) is 3.07. The van der Waals surface area contributed by atoms with Crippen molar-refractivity contribution in [3.05, 3.63) is 36.2 Å². The van der Waals surface area contributed by atoms with Gasteiger partial charge in [0.05, 0.1) is 5.69 Å². The van der Waals surface area contributed by atoms with E-state index in [1.165, 1.54) is 5.56 Å². The van der Waals surface area contributed by atoms with Crippen molar-refractivity contribution in [3.63, 3.8) is 0 Å². The molecule has 2 N–H and O–H groups in total. The van der Waals surface area contributed by atoms with Crippen molar-refractivity contribution in [2.24, 2.45) is 0 Å². The Hall–Kier alpha value is -1.84.